The molecule has 3 rings (SSSR count). The average Bonchev–Trinajstić information content (AvgIpc) is 3.15. The highest BCUT2D eigenvalue weighted by Crippen LogP contribution is 2.34. The van der Waals surface area contributed by atoms with Crippen LogP contribution in [0.5, 0.6) is 5.75 Å². The molecule has 0 aliphatic carbocycles. The molecule has 0 spiro atoms. The lowest BCUT2D eigenvalue weighted by Gasteiger charge is -2.34. The van der Waals surface area contributed by atoms with Crippen LogP contribution in [-0.2, 0) is 4.79 Å². The molecule has 7 nitrogen and oxygen atoms in total. The Morgan fingerprint density at radius 1 is 1.31 bits per heavy atom. The van der Waals surface area contributed by atoms with Crippen LogP contribution in [0.25, 0.3) is 0 Å². The van der Waals surface area contributed by atoms with Gasteiger partial charge in [0.25, 0.3) is 11.8 Å². The molecule has 136 valence electrons. The third-order valence-electron chi connectivity index (χ3n) is 4.18. The molecule has 1 aromatic heterocycles. The van der Waals surface area contributed by atoms with Crippen LogP contribution in [0.4, 0.5) is 5.69 Å². The predicted octanol–water partition coefficient (Wildman–Crippen LogP) is 2.15. The number of aromatic amines is 1. The van der Waals surface area contributed by atoms with Crippen LogP contribution < -0.4 is 15.0 Å². The van der Waals surface area contributed by atoms with Crippen molar-refractivity contribution in [2.45, 2.75) is 26.4 Å². The minimum Gasteiger partial charge on any atom is -0.477 e. The number of ether oxygens (including phenoxy) is 1. The van der Waals surface area contributed by atoms with E-state index < -0.39 is 6.10 Å². The number of Topliss-reactive ketones (excluding diaryl/α,β-unsaturated/α-hetero) is 1. The molecule has 0 radical (unpaired) electrons. The number of carbonyl (C=O) groups is 3. The second-order valence-electron chi connectivity index (χ2n) is 6.14. The molecule has 0 fully saturated rings. The number of carbonyl (C=O) groups excluding carboxylic acids is 3. The monoisotopic (exact) mass is 355 g/mol. The number of rotatable bonds is 5. The number of amides is 2. The molecular formula is C19H21N3O4. The lowest BCUT2D eigenvalue weighted by Crippen LogP contribution is -2.51. The molecule has 0 saturated heterocycles. The number of anilines is 1. The largest absolute Gasteiger partial charge is 0.477 e. The summed E-state index contributed by atoms with van der Waals surface area (Å²) in [6, 6.07) is 8.60. The Bertz CT molecular complexity index is 843. The number of nitrogens with one attached hydrogen (secondary N) is 2. The molecule has 0 saturated carbocycles. The highest BCUT2D eigenvalue weighted by molar-refractivity contribution is 6.08. The maximum Gasteiger partial charge on any atom is 0.274 e. The number of para-hydroxylation sites is 2. The lowest BCUT2D eigenvalue weighted by atomic mass is 10.1. The van der Waals surface area contributed by atoms with Crippen molar-refractivity contribution >= 4 is 23.3 Å². The third-order valence-corrected chi connectivity index (χ3v) is 4.18. The van der Waals surface area contributed by atoms with Crippen molar-refractivity contribution in [1.29, 1.82) is 0 Å². The van der Waals surface area contributed by atoms with Gasteiger partial charge in [0.1, 0.15) is 11.4 Å². The summed E-state index contributed by atoms with van der Waals surface area (Å²) in [5, 5.41) is 2.80. The second kappa shape index (κ2) is 7.43. The Hall–Kier alpha value is -3.09. The minimum absolute atomic E-state index is 0.0970. The quantitative estimate of drug-likeness (QED) is 0.804. The van der Waals surface area contributed by atoms with Crippen LogP contribution in [0.2, 0.25) is 0 Å². The van der Waals surface area contributed by atoms with E-state index in [0.717, 1.165) is 6.42 Å². The van der Waals surface area contributed by atoms with Gasteiger partial charge in [-0.1, -0.05) is 19.1 Å². The number of fused-ring (bicyclic) bond motifs is 1. The SMILES string of the molecule is CCCNC(=O)[C@@H]1CN(C(=O)c2cc(C(C)=O)c[nH]2)c2ccccc2O1. The number of H-pyrrole nitrogens is 1. The molecule has 7 heteroatoms. The number of nitrogens with zero attached hydrogens (tertiary/aromatic N) is 1. The molecule has 2 N–H and O–H groups in total. The second-order valence-corrected chi connectivity index (χ2v) is 6.14. The Kier molecular flexibility index (Phi) is 5.06. The Balaban J connectivity index is 1.89. The maximum absolute atomic E-state index is 13.0. The average molecular weight is 355 g/mol. The van der Waals surface area contributed by atoms with Gasteiger partial charge in [0, 0.05) is 18.3 Å². The van der Waals surface area contributed by atoms with E-state index in [0.29, 0.717) is 29.2 Å². The highest BCUT2D eigenvalue weighted by Gasteiger charge is 2.34. The van der Waals surface area contributed by atoms with E-state index in [2.05, 4.69) is 10.3 Å². The summed E-state index contributed by atoms with van der Waals surface area (Å²) < 4.78 is 5.78. The summed E-state index contributed by atoms with van der Waals surface area (Å²) in [6.07, 6.45) is 1.53. The Morgan fingerprint density at radius 3 is 2.77 bits per heavy atom. The molecule has 0 unspecified atom stereocenters. The van der Waals surface area contributed by atoms with Crippen molar-refractivity contribution in [2.75, 3.05) is 18.0 Å². The molecule has 26 heavy (non-hydrogen) atoms. The topological polar surface area (TPSA) is 91.5 Å². The fourth-order valence-corrected chi connectivity index (χ4v) is 2.79. The molecular weight excluding hydrogens is 334 g/mol. The molecule has 2 heterocycles. The van der Waals surface area contributed by atoms with Gasteiger partial charge in [0.05, 0.1) is 12.2 Å². The van der Waals surface area contributed by atoms with Crippen molar-refractivity contribution in [3.8, 4) is 5.75 Å². The molecule has 1 aromatic carbocycles. The molecule has 2 amide bonds. The van der Waals surface area contributed by atoms with Crippen LogP contribution in [0.1, 0.15) is 41.1 Å². The summed E-state index contributed by atoms with van der Waals surface area (Å²) in [7, 11) is 0. The van der Waals surface area contributed by atoms with Gasteiger partial charge in [-0.3, -0.25) is 19.3 Å². The first-order valence-corrected chi connectivity index (χ1v) is 8.56. The van der Waals surface area contributed by atoms with Crippen molar-refractivity contribution < 1.29 is 19.1 Å². The molecule has 2 aromatic rings. The first kappa shape index (κ1) is 17.7. The minimum atomic E-state index is -0.789. The van der Waals surface area contributed by atoms with Gasteiger partial charge >= 0.3 is 0 Å². The zero-order chi connectivity index (χ0) is 18.7. The van der Waals surface area contributed by atoms with E-state index in [-0.39, 0.29) is 24.1 Å². The number of ketones is 1. The molecule has 1 aliphatic rings. The summed E-state index contributed by atoms with van der Waals surface area (Å²) in [5.74, 6) is -0.224. The molecule has 1 aliphatic heterocycles. The van der Waals surface area contributed by atoms with Gasteiger partial charge in [-0.25, -0.2) is 0 Å². The van der Waals surface area contributed by atoms with Gasteiger partial charge in [0.2, 0.25) is 0 Å². The van der Waals surface area contributed by atoms with E-state index in [1.165, 1.54) is 24.1 Å². The van der Waals surface area contributed by atoms with Crippen LogP contribution in [-0.4, -0.2) is 41.8 Å². The van der Waals surface area contributed by atoms with Crippen LogP contribution >= 0.6 is 0 Å². The zero-order valence-electron chi connectivity index (χ0n) is 14.7. The van der Waals surface area contributed by atoms with E-state index >= 15 is 0 Å². The fraction of sp³-hybridized carbons (Fsp3) is 0.316. The van der Waals surface area contributed by atoms with E-state index in [4.69, 9.17) is 4.74 Å². The van der Waals surface area contributed by atoms with E-state index in [1.54, 1.807) is 24.3 Å². The van der Waals surface area contributed by atoms with Gasteiger partial charge < -0.3 is 15.0 Å². The van der Waals surface area contributed by atoms with Crippen LogP contribution in [0.3, 0.4) is 0 Å². The van der Waals surface area contributed by atoms with Crippen molar-refractivity contribution in [3.63, 3.8) is 0 Å². The van der Waals surface area contributed by atoms with E-state index in [1.807, 2.05) is 6.92 Å². The summed E-state index contributed by atoms with van der Waals surface area (Å²) in [5.41, 5.74) is 1.32. The number of benzene rings is 1. The van der Waals surface area contributed by atoms with Crippen LogP contribution in [0.15, 0.2) is 36.5 Å². The predicted molar refractivity (Wildman–Crippen MR) is 96.6 cm³/mol. The lowest BCUT2D eigenvalue weighted by molar-refractivity contribution is -0.127. The normalized spacial score (nSPS) is 15.8. The summed E-state index contributed by atoms with van der Waals surface area (Å²) >= 11 is 0. The Morgan fingerprint density at radius 2 is 2.08 bits per heavy atom. The zero-order valence-corrected chi connectivity index (χ0v) is 14.7. The molecule has 0 bridgehead atoms. The van der Waals surface area contributed by atoms with Crippen molar-refractivity contribution in [3.05, 3.63) is 47.8 Å². The smallest absolute Gasteiger partial charge is 0.274 e. The maximum atomic E-state index is 13.0. The number of hydrogen-bond donors (Lipinski definition) is 2. The Labute approximate surface area is 151 Å². The summed E-state index contributed by atoms with van der Waals surface area (Å²) in [4.78, 5) is 41.1. The van der Waals surface area contributed by atoms with E-state index in [9.17, 15) is 14.4 Å². The van der Waals surface area contributed by atoms with Gasteiger partial charge in [0.15, 0.2) is 11.9 Å². The fourth-order valence-electron chi connectivity index (χ4n) is 2.79. The van der Waals surface area contributed by atoms with Crippen molar-refractivity contribution in [1.82, 2.24) is 10.3 Å². The highest BCUT2D eigenvalue weighted by atomic mass is 16.5. The first-order valence-electron chi connectivity index (χ1n) is 8.56. The van der Waals surface area contributed by atoms with Crippen LogP contribution in [0, 0.1) is 0 Å². The van der Waals surface area contributed by atoms with Gasteiger partial charge in [-0.2, -0.15) is 0 Å². The molecule has 1 atom stereocenters. The number of hydrogen-bond acceptors (Lipinski definition) is 4. The third kappa shape index (κ3) is 3.46. The summed E-state index contributed by atoms with van der Waals surface area (Å²) in [6.45, 7) is 4.05. The van der Waals surface area contributed by atoms with Gasteiger partial charge in [-0.05, 0) is 31.5 Å². The number of aromatic nitrogens is 1. The first-order chi connectivity index (χ1) is 12.5. The standard InChI is InChI=1S/C19H21N3O4/c1-3-8-20-18(24)17-11-22(15-6-4-5-7-16(15)26-17)19(25)14-9-13(10-21-14)12(2)23/h4-7,9-10,17,21H,3,8,11H2,1-2H3,(H,20,24)/t17-/m0/s1. The van der Waals surface area contributed by atoms with Gasteiger partial charge in [-0.15, -0.1) is 0 Å². The van der Waals surface area contributed by atoms with Crippen molar-refractivity contribution in [2.24, 2.45) is 0 Å².